The first-order valence-electron chi connectivity index (χ1n) is 9.01. The molecule has 136 valence electrons. The molecule has 2 heterocycles. The summed E-state index contributed by atoms with van der Waals surface area (Å²) in [6.45, 7) is 0.994. The molecule has 1 aliphatic heterocycles. The van der Waals surface area contributed by atoms with Crippen LogP contribution in [0.15, 0.2) is 59.4 Å². The summed E-state index contributed by atoms with van der Waals surface area (Å²) in [4.78, 5) is 39.1. The van der Waals surface area contributed by atoms with Crippen molar-refractivity contribution in [3.05, 3.63) is 76.2 Å². The van der Waals surface area contributed by atoms with Crippen LogP contribution in [0.25, 0.3) is 10.8 Å². The average Bonchev–Trinajstić information content (AvgIpc) is 2.74. The number of nitrogens with zero attached hydrogens (tertiary/aromatic N) is 2. The number of carbonyl (C=O) groups is 2. The van der Waals surface area contributed by atoms with Gasteiger partial charge < -0.3 is 4.90 Å². The van der Waals surface area contributed by atoms with Crippen LogP contribution in [0.4, 0.5) is 0 Å². The van der Waals surface area contributed by atoms with Gasteiger partial charge in [0.15, 0.2) is 11.5 Å². The van der Waals surface area contributed by atoms with Gasteiger partial charge >= 0.3 is 0 Å². The molecule has 2 aromatic carbocycles. The number of amides is 1. The fourth-order valence-electron chi connectivity index (χ4n) is 3.61. The Morgan fingerprint density at radius 3 is 2.26 bits per heavy atom. The normalized spacial score (nSPS) is 15.0. The second-order valence-electron chi connectivity index (χ2n) is 6.74. The van der Waals surface area contributed by atoms with Gasteiger partial charge in [0.1, 0.15) is 0 Å². The summed E-state index contributed by atoms with van der Waals surface area (Å²) in [6.07, 6.45) is 1.25. The summed E-state index contributed by atoms with van der Waals surface area (Å²) < 4.78 is 0. The topological polar surface area (TPSA) is 83.1 Å². The van der Waals surface area contributed by atoms with Crippen LogP contribution < -0.4 is 5.56 Å². The van der Waals surface area contributed by atoms with Crippen molar-refractivity contribution in [1.82, 2.24) is 15.1 Å². The number of likely N-dealkylation sites (tertiary alicyclic amines) is 1. The van der Waals surface area contributed by atoms with Crippen LogP contribution in [-0.4, -0.2) is 39.9 Å². The number of hydrogen-bond acceptors (Lipinski definition) is 4. The molecule has 1 aliphatic rings. The maximum absolute atomic E-state index is 12.9. The number of ketones is 1. The third-order valence-electron chi connectivity index (χ3n) is 5.11. The van der Waals surface area contributed by atoms with E-state index < -0.39 is 0 Å². The zero-order valence-corrected chi connectivity index (χ0v) is 14.7. The van der Waals surface area contributed by atoms with E-state index in [0.29, 0.717) is 36.7 Å². The zero-order valence-electron chi connectivity index (χ0n) is 14.7. The van der Waals surface area contributed by atoms with Crippen molar-refractivity contribution < 1.29 is 9.59 Å². The van der Waals surface area contributed by atoms with E-state index in [0.717, 1.165) is 5.56 Å². The van der Waals surface area contributed by atoms with Crippen molar-refractivity contribution in [3.63, 3.8) is 0 Å². The third-order valence-corrected chi connectivity index (χ3v) is 5.11. The molecule has 1 aromatic heterocycles. The number of benzene rings is 2. The fourth-order valence-corrected chi connectivity index (χ4v) is 3.61. The van der Waals surface area contributed by atoms with Gasteiger partial charge in [-0.15, -0.1) is 0 Å². The Labute approximate surface area is 155 Å². The Kier molecular flexibility index (Phi) is 4.54. The minimum atomic E-state index is -0.311. The number of carbonyl (C=O) groups excluding carboxylic acids is 2. The molecule has 0 unspecified atom stereocenters. The maximum atomic E-state index is 12.9. The minimum absolute atomic E-state index is 0.0725. The standard InChI is InChI=1S/C21H19N3O3/c25-19(14-6-2-1-3-7-14)15-10-12-24(13-11-15)21(27)18-16-8-4-5-9-17(16)20(26)23-22-18/h1-9,15H,10-13H2,(H,23,26). The highest BCUT2D eigenvalue weighted by molar-refractivity contribution is 6.05. The lowest BCUT2D eigenvalue weighted by Crippen LogP contribution is -2.41. The van der Waals surface area contributed by atoms with E-state index in [4.69, 9.17) is 0 Å². The van der Waals surface area contributed by atoms with E-state index in [1.54, 1.807) is 29.2 Å². The lowest BCUT2D eigenvalue weighted by atomic mass is 9.89. The summed E-state index contributed by atoms with van der Waals surface area (Å²) in [5.41, 5.74) is 0.655. The average molecular weight is 361 g/mol. The van der Waals surface area contributed by atoms with Gasteiger partial charge in [0, 0.05) is 30.0 Å². The highest BCUT2D eigenvalue weighted by Crippen LogP contribution is 2.24. The molecule has 0 radical (unpaired) electrons. The molecule has 0 saturated carbocycles. The Morgan fingerprint density at radius 1 is 0.926 bits per heavy atom. The first kappa shape index (κ1) is 17.1. The van der Waals surface area contributed by atoms with Crippen molar-refractivity contribution >= 4 is 22.5 Å². The van der Waals surface area contributed by atoms with Crippen LogP contribution >= 0.6 is 0 Å². The molecule has 4 rings (SSSR count). The number of rotatable bonds is 3. The van der Waals surface area contributed by atoms with Crippen LogP contribution in [0, 0.1) is 5.92 Å². The van der Waals surface area contributed by atoms with Crippen LogP contribution in [-0.2, 0) is 0 Å². The van der Waals surface area contributed by atoms with Crippen molar-refractivity contribution in [2.24, 2.45) is 5.92 Å². The maximum Gasteiger partial charge on any atom is 0.274 e. The number of piperidine rings is 1. The summed E-state index contributed by atoms with van der Waals surface area (Å²) in [5, 5.41) is 7.39. The van der Waals surface area contributed by atoms with E-state index in [1.165, 1.54) is 0 Å². The van der Waals surface area contributed by atoms with Crippen LogP contribution in [0.3, 0.4) is 0 Å². The quantitative estimate of drug-likeness (QED) is 0.727. The smallest absolute Gasteiger partial charge is 0.274 e. The van der Waals surface area contributed by atoms with Crippen LogP contribution in [0.2, 0.25) is 0 Å². The predicted molar refractivity (Wildman–Crippen MR) is 102 cm³/mol. The summed E-state index contributed by atoms with van der Waals surface area (Å²) in [6, 6.07) is 16.2. The molecule has 0 spiro atoms. The summed E-state index contributed by atoms with van der Waals surface area (Å²) in [7, 11) is 0. The Morgan fingerprint density at radius 2 is 1.56 bits per heavy atom. The lowest BCUT2D eigenvalue weighted by molar-refractivity contribution is 0.0646. The number of Topliss-reactive ketones (excluding diaryl/α,β-unsaturated/α-hetero) is 1. The van der Waals surface area contributed by atoms with Gasteiger partial charge in [-0.2, -0.15) is 5.10 Å². The molecule has 1 amide bonds. The van der Waals surface area contributed by atoms with E-state index >= 15 is 0 Å². The minimum Gasteiger partial charge on any atom is -0.337 e. The Balaban J connectivity index is 1.51. The molecule has 6 heteroatoms. The van der Waals surface area contributed by atoms with Gasteiger partial charge in [0.2, 0.25) is 0 Å². The monoisotopic (exact) mass is 361 g/mol. The van der Waals surface area contributed by atoms with Gasteiger partial charge in [0.05, 0.1) is 5.39 Å². The highest BCUT2D eigenvalue weighted by atomic mass is 16.2. The zero-order chi connectivity index (χ0) is 18.8. The van der Waals surface area contributed by atoms with Crippen molar-refractivity contribution in [1.29, 1.82) is 0 Å². The summed E-state index contributed by atoms with van der Waals surface area (Å²) >= 11 is 0. The second kappa shape index (κ2) is 7.15. The molecule has 3 aromatic rings. The number of nitrogens with one attached hydrogen (secondary N) is 1. The van der Waals surface area contributed by atoms with Gasteiger partial charge in [0.25, 0.3) is 11.5 Å². The van der Waals surface area contributed by atoms with E-state index in [9.17, 15) is 14.4 Å². The molecule has 0 aliphatic carbocycles. The first-order valence-corrected chi connectivity index (χ1v) is 9.01. The fraction of sp³-hybridized carbons (Fsp3) is 0.238. The Bertz CT molecular complexity index is 1050. The first-order chi connectivity index (χ1) is 13.1. The third kappa shape index (κ3) is 3.26. The van der Waals surface area contributed by atoms with Gasteiger partial charge in [-0.3, -0.25) is 14.4 Å². The van der Waals surface area contributed by atoms with Crippen LogP contribution in [0.5, 0.6) is 0 Å². The molecular formula is C21H19N3O3. The number of aromatic amines is 1. The van der Waals surface area contributed by atoms with Gasteiger partial charge in [-0.05, 0) is 18.9 Å². The largest absolute Gasteiger partial charge is 0.337 e. The second-order valence-corrected chi connectivity index (χ2v) is 6.74. The van der Waals surface area contributed by atoms with E-state index in [-0.39, 0.29) is 28.9 Å². The molecular weight excluding hydrogens is 342 g/mol. The predicted octanol–water partition coefficient (Wildman–Crippen LogP) is 2.66. The van der Waals surface area contributed by atoms with Gasteiger partial charge in [-0.25, -0.2) is 5.10 Å². The molecule has 0 atom stereocenters. The molecule has 1 saturated heterocycles. The molecule has 0 bridgehead atoms. The molecule has 1 fully saturated rings. The highest BCUT2D eigenvalue weighted by Gasteiger charge is 2.29. The Hall–Kier alpha value is -3.28. The van der Waals surface area contributed by atoms with Crippen molar-refractivity contribution in [3.8, 4) is 0 Å². The lowest BCUT2D eigenvalue weighted by Gasteiger charge is -2.31. The van der Waals surface area contributed by atoms with E-state index in [2.05, 4.69) is 10.2 Å². The number of hydrogen-bond donors (Lipinski definition) is 1. The van der Waals surface area contributed by atoms with Gasteiger partial charge in [-0.1, -0.05) is 48.5 Å². The molecule has 6 nitrogen and oxygen atoms in total. The number of H-pyrrole nitrogens is 1. The number of fused-ring (bicyclic) bond motifs is 1. The molecule has 27 heavy (non-hydrogen) atoms. The van der Waals surface area contributed by atoms with Crippen molar-refractivity contribution in [2.45, 2.75) is 12.8 Å². The molecule has 1 N–H and O–H groups in total. The van der Waals surface area contributed by atoms with E-state index in [1.807, 2.05) is 30.3 Å². The summed E-state index contributed by atoms with van der Waals surface area (Å²) in [5.74, 6) is -0.153. The SMILES string of the molecule is O=C(c1ccccc1)C1CCN(C(=O)c2n[nH]c(=O)c3ccccc23)CC1. The van der Waals surface area contributed by atoms with Crippen LogP contribution in [0.1, 0.15) is 33.7 Å². The number of aromatic nitrogens is 2. The van der Waals surface area contributed by atoms with Crippen molar-refractivity contribution in [2.75, 3.05) is 13.1 Å².